The lowest BCUT2D eigenvalue weighted by molar-refractivity contribution is -0.141. The highest BCUT2D eigenvalue weighted by atomic mass is 16.6. The molecule has 0 unspecified atom stereocenters. The molecule has 0 fully saturated rings. The molecular weight excluding hydrogens is 342 g/mol. The van der Waals surface area contributed by atoms with Gasteiger partial charge in [-0.1, -0.05) is 12.1 Å². The van der Waals surface area contributed by atoms with E-state index in [0.717, 1.165) is 0 Å². The summed E-state index contributed by atoms with van der Waals surface area (Å²) in [6.07, 6.45) is -0.974. The van der Waals surface area contributed by atoms with E-state index in [9.17, 15) is 19.2 Å². The van der Waals surface area contributed by atoms with Crippen molar-refractivity contribution >= 4 is 23.8 Å². The van der Waals surface area contributed by atoms with Crippen LogP contribution in [0.1, 0.15) is 42.3 Å². The Bertz CT molecular complexity index is 704. The van der Waals surface area contributed by atoms with Crippen molar-refractivity contribution in [1.29, 1.82) is 0 Å². The van der Waals surface area contributed by atoms with Crippen molar-refractivity contribution < 1.29 is 33.8 Å². The summed E-state index contributed by atoms with van der Waals surface area (Å²) in [6.45, 7) is 5.81. The molecule has 1 aromatic carbocycles. The summed E-state index contributed by atoms with van der Waals surface area (Å²) >= 11 is 0. The molecule has 0 heterocycles. The summed E-state index contributed by atoms with van der Waals surface area (Å²) < 4.78 is 9.81. The summed E-state index contributed by atoms with van der Waals surface area (Å²) in [6, 6.07) is 4.73. The molecule has 0 aliphatic carbocycles. The second kappa shape index (κ2) is 8.98. The van der Waals surface area contributed by atoms with Crippen LogP contribution < -0.4 is 5.32 Å². The zero-order valence-electron chi connectivity index (χ0n) is 15.3. The lowest BCUT2D eigenvalue weighted by Gasteiger charge is -2.19. The van der Waals surface area contributed by atoms with E-state index in [1.807, 2.05) is 0 Å². The van der Waals surface area contributed by atoms with Gasteiger partial charge in [0.05, 0.1) is 6.42 Å². The maximum atomic E-state index is 12.2. The molecule has 1 rings (SSSR count). The first-order chi connectivity index (χ1) is 12.0. The van der Waals surface area contributed by atoms with Gasteiger partial charge in [0.1, 0.15) is 12.1 Å². The number of benzene rings is 1. The fourth-order valence-electron chi connectivity index (χ4n) is 1.99. The standard InChI is InChI=1S/C18H23NO7/c1-11-5-6-12(8-15(21)22)7-13(11)14(20)10-25-16(23)9-19-17(24)26-18(2,3)4/h5-7H,8-10H2,1-4H3,(H,19,24)(H,21,22). The van der Waals surface area contributed by atoms with Gasteiger partial charge in [-0.05, 0) is 44.9 Å². The molecule has 8 heteroatoms. The Kier molecular flexibility index (Phi) is 7.30. The Morgan fingerprint density at radius 1 is 1.15 bits per heavy atom. The number of carboxylic acids is 1. The molecule has 2 N–H and O–H groups in total. The average Bonchev–Trinajstić information content (AvgIpc) is 2.50. The summed E-state index contributed by atoms with van der Waals surface area (Å²) in [7, 11) is 0. The van der Waals surface area contributed by atoms with Crippen LogP contribution in [0.5, 0.6) is 0 Å². The Hall–Kier alpha value is -2.90. The van der Waals surface area contributed by atoms with Crippen LogP contribution in [-0.4, -0.2) is 47.7 Å². The number of alkyl carbamates (subject to hydrolysis) is 1. The summed E-state index contributed by atoms with van der Waals surface area (Å²) in [4.78, 5) is 46.0. The first-order valence-electron chi connectivity index (χ1n) is 7.95. The molecule has 26 heavy (non-hydrogen) atoms. The van der Waals surface area contributed by atoms with Gasteiger partial charge in [0.15, 0.2) is 6.61 Å². The van der Waals surface area contributed by atoms with E-state index in [1.165, 1.54) is 6.07 Å². The van der Waals surface area contributed by atoms with Crippen LogP contribution in [0.15, 0.2) is 18.2 Å². The molecule has 0 aliphatic heterocycles. The predicted octanol–water partition coefficient (Wildman–Crippen LogP) is 1.87. The molecule has 0 aromatic heterocycles. The van der Waals surface area contributed by atoms with Crippen molar-refractivity contribution in [3.63, 3.8) is 0 Å². The molecule has 0 atom stereocenters. The molecule has 1 amide bonds. The zero-order chi connectivity index (χ0) is 19.9. The molecule has 0 saturated heterocycles. The highest BCUT2D eigenvalue weighted by Crippen LogP contribution is 2.13. The van der Waals surface area contributed by atoms with Gasteiger partial charge in [0.2, 0.25) is 5.78 Å². The summed E-state index contributed by atoms with van der Waals surface area (Å²) in [5.74, 6) is -2.25. The smallest absolute Gasteiger partial charge is 0.408 e. The third kappa shape index (κ3) is 7.78. The van der Waals surface area contributed by atoms with Crippen LogP contribution in [-0.2, 0) is 25.5 Å². The number of hydrogen-bond acceptors (Lipinski definition) is 6. The lowest BCUT2D eigenvalue weighted by atomic mass is 10.0. The van der Waals surface area contributed by atoms with Gasteiger partial charge >= 0.3 is 18.0 Å². The van der Waals surface area contributed by atoms with Crippen LogP contribution in [0.3, 0.4) is 0 Å². The summed E-state index contributed by atoms with van der Waals surface area (Å²) in [5, 5.41) is 11.0. The largest absolute Gasteiger partial charge is 0.481 e. The monoisotopic (exact) mass is 365 g/mol. The van der Waals surface area contributed by atoms with Crippen molar-refractivity contribution in [1.82, 2.24) is 5.32 Å². The number of amides is 1. The number of carbonyl (C=O) groups is 4. The molecule has 0 saturated carbocycles. The van der Waals surface area contributed by atoms with E-state index in [-0.39, 0.29) is 12.0 Å². The van der Waals surface area contributed by atoms with Crippen LogP contribution >= 0.6 is 0 Å². The van der Waals surface area contributed by atoms with Gasteiger partial charge in [-0.2, -0.15) is 0 Å². The van der Waals surface area contributed by atoms with Gasteiger partial charge in [-0.3, -0.25) is 14.4 Å². The van der Waals surface area contributed by atoms with Crippen molar-refractivity contribution in [2.24, 2.45) is 0 Å². The normalized spacial score (nSPS) is 10.8. The fourth-order valence-corrected chi connectivity index (χ4v) is 1.99. The summed E-state index contributed by atoms with van der Waals surface area (Å²) in [5.41, 5.74) is 0.718. The van der Waals surface area contributed by atoms with Crippen molar-refractivity contribution in [2.75, 3.05) is 13.2 Å². The molecule has 0 aliphatic rings. The minimum atomic E-state index is -1.01. The number of nitrogens with one attached hydrogen (secondary N) is 1. The SMILES string of the molecule is Cc1ccc(CC(=O)O)cc1C(=O)COC(=O)CNC(=O)OC(C)(C)C. The zero-order valence-corrected chi connectivity index (χ0v) is 15.3. The predicted molar refractivity (Wildman–Crippen MR) is 92.0 cm³/mol. The van der Waals surface area contributed by atoms with Gasteiger partial charge < -0.3 is 19.9 Å². The fraction of sp³-hybridized carbons (Fsp3) is 0.444. The third-order valence-electron chi connectivity index (χ3n) is 3.10. The van der Waals surface area contributed by atoms with Gasteiger partial charge in [0, 0.05) is 5.56 Å². The Labute approximate surface area is 151 Å². The lowest BCUT2D eigenvalue weighted by Crippen LogP contribution is -2.36. The maximum absolute atomic E-state index is 12.2. The molecule has 1 aromatic rings. The molecule has 0 bridgehead atoms. The van der Waals surface area contributed by atoms with Crippen LogP contribution in [0.4, 0.5) is 4.79 Å². The average molecular weight is 365 g/mol. The van der Waals surface area contributed by atoms with E-state index in [0.29, 0.717) is 11.1 Å². The number of carboxylic acid groups (broad SMARTS) is 1. The molecular formula is C18H23NO7. The van der Waals surface area contributed by atoms with Gasteiger partial charge in [0.25, 0.3) is 0 Å². The van der Waals surface area contributed by atoms with Crippen molar-refractivity contribution in [2.45, 2.75) is 39.7 Å². The second-order valence-electron chi connectivity index (χ2n) is 6.66. The number of ketones is 1. The minimum Gasteiger partial charge on any atom is -0.481 e. The van der Waals surface area contributed by atoms with Crippen LogP contribution in [0.25, 0.3) is 0 Å². The van der Waals surface area contributed by atoms with Gasteiger partial charge in [-0.25, -0.2) is 4.79 Å². The number of hydrogen-bond donors (Lipinski definition) is 2. The molecule has 8 nitrogen and oxygen atoms in total. The van der Waals surface area contributed by atoms with E-state index >= 15 is 0 Å². The molecule has 142 valence electrons. The highest BCUT2D eigenvalue weighted by molar-refractivity contribution is 5.99. The van der Waals surface area contributed by atoms with Crippen LogP contribution in [0, 0.1) is 6.92 Å². The topological polar surface area (TPSA) is 119 Å². The number of ether oxygens (including phenoxy) is 2. The van der Waals surface area contributed by atoms with Crippen LogP contribution in [0.2, 0.25) is 0 Å². The molecule has 0 spiro atoms. The van der Waals surface area contributed by atoms with Gasteiger partial charge in [-0.15, -0.1) is 0 Å². The maximum Gasteiger partial charge on any atom is 0.408 e. The third-order valence-corrected chi connectivity index (χ3v) is 3.10. The number of aryl methyl sites for hydroxylation is 1. The number of carbonyl (C=O) groups excluding carboxylic acids is 3. The van der Waals surface area contributed by atoms with Crippen molar-refractivity contribution in [3.8, 4) is 0 Å². The number of esters is 1. The quantitative estimate of drug-likeness (QED) is 0.559. The van der Waals surface area contributed by atoms with E-state index in [1.54, 1.807) is 39.8 Å². The Morgan fingerprint density at radius 3 is 2.38 bits per heavy atom. The minimum absolute atomic E-state index is 0.208. The number of rotatable bonds is 7. The first kappa shape index (κ1) is 21.1. The first-order valence-corrected chi connectivity index (χ1v) is 7.95. The highest BCUT2D eigenvalue weighted by Gasteiger charge is 2.18. The van der Waals surface area contributed by atoms with E-state index < -0.39 is 42.6 Å². The number of aliphatic carboxylic acids is 1. The second-order valence-corrected chi connectivity index (χ2v) is 6.66. The van der Waals surface area contributed by atoms with E-state index in [2.05, 4.69) is 5.32 Å². The number of Topliss-reactive ketones (excluding diaryl/α,β-unsaturated/α-hetero) is 1. The van der Waals surface area contributed by atoms with Crippen molar-refractivity contribution in [3.05, 3.63) is 34.9 Å². The molecule has 0 radical (unpaired) electrons. The Morgan fingerprint density at radius 2 is 1.81 bits per heavy atom. The van der Waals surface area contributed by atoms with E-state index in [4.69, 9.17) is 14.6 Å². The Balaban J connectivity index is 2.54.